The van der Waals surface area contributed by atoms with E-state index in [1.54, 1.807) is 32.2 Å². The largest absolute Gasteiger partial charge is 0.481 e. The fourth-order valence-electron chi connectivity index (χ4n) is 13.4. The van der Waals surface area contributed by atoms with Gasteiger partial charge in [-0.2, -0.15) is 0 Å². The Labute approximate surface area is 331 Å². The summed E-state index contributed by atoms with van der Waals surface area (Å²) in [6.45, 7) is 19.4. The molecule has 9 atom stereocenters. The highest BCUT2D eigenvalue weighted by molar-refractivity contribution is 6.30. The van der Waals surface area contributed by atoms with Crippen molar-refractivity contribution in [1.82, 2.24) is 19.7 Å². The highest BCUT2D eigenvalue weighted by atomic mass is 35.5. The van der Waals surface area contributed by atoms with Gasteiger partial charge in [-0.1, -0.05) is 60.1 Å². The van der Waals surface area contributed by atoms with Crippen LogP contribution in [0.25, 0.3) is 11.5 Å². The minimum atomic E-state index is -1.18. The maximum Gasteiger partial charge on any atom is 0.309 e. The first-order chi connectivity index (χ1) is 25.5. The number of aromatic nitrogens is 4. The average molecular weight is 777 g/mol. The second-order valence-electron chi connectivity index (χ2n) is 20.3. The van der Waals surface area contributed by atoms with Crippen molar-refractivity contribution < 1.29 is 29.3 Å². The zero-order valence-electron chi connectivity index (χ0n) is 34.5. The maximum absolute atomic E-state index is 14.2. The predicted octanol–water partition coefficient (Wildman–Crippen LogP) is 8.96. The van der Waals surface area contributed by atoms with Gasteiger partial charge in [0.1, 0.15) is 17.9 Å². The van der Waals surface area contributed by atoms with Gasteiger partial charge in [-0.05, 0) is 128 Å². The number of allylic oxidation sites excluding steroid dienone is 1. The Morgan fingerprint density at radius 2 is 1.69 bits per heavy atom. The summed E-state index contributed by atoms with van der Waals surface area (Å²) < 4.78 is 7.99. The van der Waals surface area contributed by atoms with Crippen molar-refractivity contribution in [2.45, 2.75) is 139 Å². The van der Waals surface area contributed by atoms with Gasteiger partial charge in [-0.25, -0.2) is 0 Å². The third kappa shape index (κ3) is 5.79. The summed E-state index contributed by atoms with van der Waals surface area (Å²) in [5.74, 6) is 0.655. The van der Waals surface area contributed by atoms with Crippen LogP contribution in [0.5, 0.6) is 0 Å². The van der Waals surface area contributed by atoms with E-state index in [-0.39, 0.29) is 58.2 Å². The van der Waals surface area contributed by atoms with Crippen LogP contribution in [0.15, 0.2) is 29.5 Å². The van der Waals surface area contributed by atoms with E-state index in [0.29, 0.717) is 40.6 Å². The first kappa shape index (κ1) is 40.1. The molecule has 0 aromatic carbocycles. The Morgan fingerprint density at radius 1 is 0.982 bits per heavy atom. The van der Waals surface area contributed by atoms with Crippen LogP contribution in [0.3, 0.4) is 0 Å². The minimum absolute atomic E-state index is 0.0116. The number of carboxylic acids is 1. The standard InChI is InChI=1S/C44H61ClN4O6/c1-24(2)33-28(50)21-44(35(52)37-48-47-36(49(37)10)27-13-11-25(45)23-46-27)20-19-42(8)26(34(33)44)12-14-30-41(7)17-16-31(55-32(51)22-39(3,4)38(53)54)40(5,6)29(41)15-18-43(30,42)9/h11,13,23-24,26,29-31,35,52H,12,14-22H2,1-10H3,(H,53,54)/t26-,29+,30-,31+,35-,41+,42-,43-,44-/m1/s1. The van der Waals surface area contributed by atoms with E-state index in [4.69, 9.17) is 16.3 Å². The number of aliphatic hydroxyl groups is 1. The molecular weight excluding hydrogens is 716 g/mol. The van der Waals surface area contributed by atoms with E-state index in [2.05, 4.69) is 63.6 Å². The number of rotatable bonds is 8. The third-order valence-corrected chi connectivity index (χ3v) is 16.7. The van der Waals surface area contributed by atoms with Crippen molar-refractivity contribution in [2.75, 3.05) is 0 Å². The monoisotopic (exact) mass is 776 g/mol. The second kappa shape index (κ2) is 13.2. The molecule has 2 N–H and O–H groups in total. The first-order valence-electron chi connectivity index (χ1n) is 20.4. The predicted molar refractivity (Wildman–Crippen MR) is 210 cm³/mol. The number of fused-ring (bicyclic) bond motifs is 7. The molecule has 0 amide bonds. The number of aliphatic hydroxyl groups excluding tert-OH is 1. The molecule has 0 spiro atoms. The van der Waals surface area contributed by atoms with Crippen LogP contribution in [0, 0.1) is 56.2 Å². The Bertz CT molecular complexity index is 1930. The lowest BCUT2D eigenvalue weighted by molar-refractivity contribution is -0.235. The normalized spacial score (nSPS) is 36.1. The lowest BCUT2D eigenvalue weighted by Gasteiger charge is -2.72. The number of ether oxygens (including phenoxy) is 1. The summed E-state index contributed by atoms with van der Waals surface area (Å²) in [5.41, 5.74) is 0.401. The number of ketones is 1. The molecule has 2 heterocycles. The number of carbonyl (C=O) groups excluding carboxylic acids is 2. The zero-order valence-corrected chi connectivity index (χ0v) is 35.2. The Morgan fingerprint density at radius 3 is 2.33 bits per heavy atom. The molecule has 0 bridgehead atoms. The van der Waals surface area contributed by atoms with Gasteiger partial charge < -0.3 is 19.5 Å². The minimum Gasteiger partial charge on any atom is -0.481 e. The molecule has 7 rings (SSSR count). The maximum atomic E-state index is 14.2. The number of carboxylic acid groups (broad SMARTS) is 1. The Hall–Kier alpha value is -3.11. The summed E-state index contributed by atoms with van der Waals surface area (Å²) in [5, 5.41) is 31.8. The van der Waals surface area contributed by atoms with Gasteiger partial charge in [-0.3, -0.25) is 19.4 Å². The summed E-state index contributed by atoms with van der Waals surface area (Å²) in [7, 11) is 1.86. The average Bonchev–Trinajstić information content (AvgIpc) is 3.63. The van der Waals surface area contributed by atoms with E-state index in [1.807, 2.05) is 11.6 Å². The van der Waals surface area contributed by atoms with Crippen LogP contribution in [0.2, 0.25) is 5.02 Å². The number of halogens is 1. The number of hydrogen-bond donors (Lipinski definition) is 2. The van der Waals surface area contributed by atoms with Gasteiger partial charge in [0.15, 0.2) is 17.4 Å². The van der Waals surface area contributed by atoms with Crippen molar-refractivity contribution in [3.05, 3.63) is 40.3 Å². The van der Waals surface area contributed by atoms with Crippen LogP contribution in [-0.4, -0.2) is 53.8 Å². The molecule has 4 saturated carbocycles. The molecule has 55 heavy (non-hydrogen) atoms. The van der Waals surface area contributed by atoms with E-state index in [1.165, 1.54) is 5.57 Å². The molecule has 0 saturated heterocycles. The van der Waals surface area contributed by atoms with Crippen molar-refractivity contribution >= 4 is 29.3 Å². The van der Waals surface area contributed by atoms with E-state index in [0.717, 1.165) is 50.5 Å². The molecule has 0 radical (unpaired) electrons. The summed E-state index contributed by atoms with van der Waals surface area (Å²) in [6.07, 6.45) is 7.75. The molecule has 0 unspecified atom stereocenters. The van der Waals surface area contributed by atoms with Gasteiger partial charge in [0, 0.05) is 30.5 Å². The van der Waals surface area contributed by atoms with E-state index in [9.17, 15) is 24.6 Å². The fourth-order valence-corrected chi connectivity index (χ4v) is 13.5. The topological polar surface area (TPSA) is 144 Å². The number of carbonyl (C=O) groups is 3. The molecule has 2 aromatic rings. The van der Waals surface area contributed by atoms with Gasteiger partial charge >= 0.3 is 11.9 Å². The lowest BCUT2D eigenvalue weighted by Crippen LogP contribution is -2.66. The summed E-state index contributed by atoms with van der Waals surface area (Å²) >= 11 is 6.12. The fraction of sp³-hybridized carbons (Fsp3) is 0.727. The number of hydrogen-bond acceptors (Lipinski definition) is 8. The van der Waals surface area contributed by atoms with E-state index >= 15 is 0 Å². The summed E-state index contributed by atoms with van der Waals surface area (Å²) in [6, 6.07) is 3.56. The number of Topliss-reactive ketones (excluding diaryl/α,β-unsaturated/α-hetero) is 1. The summed E-state index contributed by atoms with van der Waals surface area (Å²) in [4.78, 5) is 43.6. The quantitative estimate of drug-likeness (QED) is 0.251. The van der Waals surface area contributed by atoms with Gasteiger partial charge in [0.25, 0.3) is 0 Å². The second-order valence-corrected chi connectivity index (χ2v) is 20.7. The molecule has 5 aliphatic rings. The molecule has 4 fully saturated rings. The number of aliphatic carboxylic acids is 1. The molecule has 11 heteroatoms. The number of pyridine rings is 1. The molecule has 0 aliphatic heterocycles. The first-order valence-corrected chi connectivity index (χ1v) is 20.8. The number of esters is 1. The van der Waals surface area contributed by atoms with Crippen LogP contribution in [-0.2, 0) is 26.2 Å². The van der Waals surface area contributed by atoms with Crippen LogP contribution < -0.4 is 0 Å². The van der Waals surface area contributed by atoms with Crippen molar-refractivity contribution in [3.63, 3.8) is 0 Å². The van der Waals surface area contributed by atoms with Crippen molar-refractivity contribution in [3.8, 4) is 11.5 Å². The molecule has 10 nitrogen and oxygen atoms in total. The van der Waals surface area contributed by atoms with Gasteiger partial charge in [0.05, 0.1) is 16.9 Å². The zero-order chi connectivity index (χ0) is 40.3. The van der Waals surface area contributed by atoms with Crippen LogP contribution >= 0.6 is 11.6 Å². The molecule has 5 aliphatic carbocycles. The SMILES string of the molecule is CC(C)C1=C2[C@H]3CC[C@@H]4[C@@]5(C)CC[C@H](OC(=O)CC(C)(C)C(=O)O)C(C)(C)[C@@H]5CC[C@@]4(C)[C@]3(C)CC[C@@]2([C@H](O)c2nnc(-c3ccc(Cl)cn3)n2C)CC1=O. The smallest absolute Gasteiger partial charge is 0.309 e. The highest BCUT2D eigenvalue weighted by Crippen LogP contribution is 2.77. The van der Waals surface area contributed by atoms with Crippen LogP contribution in [0.4, 0.5) is 0 Å². The van der Waals surface area contributed by atoms with Crippen molar-refractivity contribution in [1.29, 1.82) is 0 Å². The Kier molecular flexibility index (Phi) is 9.64. The highest BCUT2D eigenvalue weighted by Gasteiger charge is 2.71. The third-order valence-electron chi connectivity index (χ3n) is 16.5. The molecule has 2 aromatic heterocycles. The molecular formula is C44H61ClN4O6. The van der Waals surface area contributed by atoms with E-state index < -0.39 is 28.9 Å². The van der Waals surface area contributed by atoms with Gasteiger partial charge in [-0.15, -0.1) is 10.2 Å². The van der Waals surface area contributed by atoms with Gasteiger partial charge in [0.2, 0.25) is 0 Å². The number of nitrogens with zero attached hydrogens (tertiary/aromatic N) is 4. The van der Waals surface area contributed by atoms with Crippen molar-refractivity contribution in [2.24, 2.45) is 63.2 Å². The van der Waals surface area contributed by atoms with Crippen LogP contribution in [0.1, 0.15) is 138 Å². The molecule has 300 valence electrons. The lowest BCUT2D eigenvalue weighted by atomic mass is 9.33. The Balaban J connectivity index is 1.21.